The van der Waals surface area contributed by atoms with Crippen molar-refractivity contribution in [2.75, 3.05) is 0 Å². The minimum absolute atomic E-state index is 0.0632. The number of carboxylic acids is 1. The van der Waals surface area contributed by atoms with E-state index in [1.165, 1.54) is 0 Å². The van der Waals surface area contributed by atoms with Crippen LogP contribution in [0.25, 0.3) is 0 Å². The number of rotatable bonds is 3. The Hall–Kier alpha value is -1.07. The third-order valence-corrected chi connectivity index (χ3v) is 4.82. The lowest BCUT2D eigenvalue weighted by molar-refractivity contribution is -0.142. The van der Waals surface area contributed by atoms with Gasteiger partial charge in [0.25, 0.3) is 0 Å². The Bertz CT molecular complexity index is 588. The van der Waals surface area contributed by atoms with Crippen molar-refractivity contribution in [1.82, 2.24) is 4.90 Å². The molecule has 1 aliphatic carbocycles. The van der Waals surface area contributed by atoms with Crippen molar-refractivity contribution < 1.29 is 14.7 Å². The minimum Gasteiger partial charge on any atom is -0.481 e. The summed E-state index contributed by atoms with van der Waals surface area (Å²) < 4.78 is 0.751. The van der Waals surface area contributed by atoms with Crippen LogP contribution < -0.4 is 0 Å². The Balaban J connectivity index is 2.05. The van der Waals surface area contributed by atoms with Gasteiger partial charge in [-0.3, -0.25) is 9.59 Å². The third-order valence-electron chi connectivity index (χ3n) is 3.90. The standard InChI is InChI=1S/C14H13BrClNO3/c15-11-5-7(16)1-4-9(11)13-10(14(19)20)6-12(18)17(13)8-2-3-8/h1,4-5,8,10,13H,2-3,6H2,(H,19,20). The first-order chi connectivity index (χ1) is 9.49. The number of amides is 1. The molecule has 0 bridgehead atoms. The highest BCUT2D eigenvalue weighted by atomic mass is 79.9. The number of hydrogen-bond donors (Lipinski definition) is 1. The van der Waals surface area contributed by atoms with Crippen molar-refractivity contribution in [1.29, 1.82) is 0 Å². The zero-order chi connectivity index (χ0) is 14.4. The van der Waals surface area contributed by atoms with Gasteiger partial charge >= 0.3 is 5.97 Å². The summed E-state index contributed by atoms with van der Waals surface area (Å²) in [6, 6.07) is 5.07. The van der Waals surface area contributed by atoms with Gasteiger partial charge in [0.15, 0.2) is 0 Å². The van der Waals surface area contributed by atoms with Crippen LogP contribution in [0.1, 0.15) is 30.9 Å². The first kappa shape index (κ1) is 13.9. The summed E-state index contributed by atoms with van der Waals surface area (Å²) in [4.78, 5) is 25.4. The zero-order valence-corrected chi connectivity index (χ0v) is 12.9. The van der Waals surface area contributed by atoms with Crippen molar-refractivity contribution in [2.24, 2.45) is 5.92 Å². The molecule has 2 fully saturated rings. The van der Waals surface area contributed by atoms with Crippen LogP contribution in [0.4, 0.5) is 0 Å². The second-order valence-electron chi connectivity index (χ2n) is 5.29. The Morgan fingerprint density at radius 3 is 2.65 bits per heavy atom. The zero-order valence-electron chi connectivity index (χ0n) is 10.6. The summed E-state index contributed by atoms with van der Waals surface area (Å²) in [5.41, 5.74) is 0.819. The van der Waals surface area contributed by atoms with Gasteiger partial charge in [0.2, 0.25) is 5.91 Å². The van der Waals surface area contributed by atoms with Gasteiger partial charge in [-0.25, -0.2) is 0 Å². The molecule has 1 aliphatic heterocycles. The molecule has 3 rings (SSSR count). The van der Waals surface area contributed by atoms with Crippen LogP contribution in [0.2, 0.25) is 5.02 Å². The van der Waals surface area contributed by atoms with Crippen molar-refractivity contribution in [2.45, 2.75) is 31.3 Å². The van der Waals surface area contributed by atoms with Gasteiger partial charge in [-0.1, -0.05) is 33.6 Å². The Labute approximate surface area is 129 Å². The lowest BCUT2D eigenvalue weighted by atomic mass is 9.93. The monoisotopic (exact) mass is 357 g/mol. The molecule has 0 radical (unpaired) electrons. The second-order valence-corrected chi connectivity index (χ2v) is 6.58. The summed E-state index contributed by atoms with van der Waals surface area (Å²) >= 11 is 9.37. The third kappa shape index (κ3) is 2.33. The number of hydrogen-bond acceptors (Lipinski definition) is 2. The number of benzene rings is 1. The highest BCUT2D eigenvalue weighted by Crippen LogP contribution is 2.46. The molecule has 1 N–H and O–H groups in total. The number of carboxylic acid groups (broad SMARTS) is 1. The van der Waals surface area contributed by atoms with Gasteiger partial charge in [-0.05, 0) is 30.5 Å². The molecule has 2 aliphatic rings. The fourth-order valence-electron chi connectivity index (χ4n) is 2.87. The topological polar surface area (TPSA) is 57.6 Å². The molecule has 1 saturated carbocycles. The quantitative estimate of drug-likeness (QED) is 0.902. The molecular formula is C14H13BrClNO3. The van der Waals surface area contributed by atoms with E-state index in [1.807, 2.05) is 0 Å². The van der Waals surface area contributed by atoms with E-state index in [9.17, 15) is 14.7 Å². The summed E-state index contributed by atoms with van der Waals surface area (Å²) in [6.45, 7) is 0. The van der Waals surface area contributed by atoms with Crippen LogP contribution in [-0.4, -0.2) is 27.9 Å². The largest absolute Gasteiger partial charge is 0.481 e. The average Bonchev–Trinajstić information content (AvgIpc) is 3.13. The summed E-state index contributed by atoms with van der Waals surface area (Å²) in [6.07, 6.45) is 1.99. The molecule has 1 heterocycles. The Kier molecular flexibility index (Phi) is 3.50. The maximum Gasteiger partial charge on any atom is 0.309 e. The summed E-state index contributed by atoms with van der Waals surface area (Å²) in [7, 11) is 0. The Morgan fingerprint density at radius 1 is 1.40 bits per heavy atom. The molecule has 2 unspecified atom stereocenters. The van der Waals surface area contributed by atoms with Gasteiger partial charge in [0.05, 0.1) is 12.0 Å². The molecule has 1 aromatic carbocycles. The maximum absolute atomic E-state index is 12.2. The van der Waals surface area contributed by atoms with E-state index in [0.717, 1.165) is 22.9 Å². The molecule has 106 valence electrons. The second kappa shape index (κ2) is 5.04. The maximum atomic E-state index is 12.2. The van der Waals surface area contributed by atoms with E-state index < -0.39 is 17.9 Å². The number of carbonyl (C=O) groups is 2. The van der Waals surface area contributed by atoms with Crippen LogP contribution in [0.5, 0.6) is 0 Å². The van der Waals surface area contributed by atoms with Crippen molar-refractivity contribution in [3.05, 3.63) is 33.3 Å². The molecule has 1 aromatic rings. The Morgan fingerprint density at radius 2 is 2.10 bits per heavy atom. The smallest absolute Gasteiger partial charge is 0.309 e. The van der Waals surface area contributed by atoms with E-state index in [4.69, 9.17) is 11.6 Å². The van der Waals surface area contributed by atoms with E-state index in [0.29, 0.717) is 5.02 Å². The van der Waals surface area contributed by atoms with Gasteiger partial charge in [-0.15, -0.1) is 0 Å². The molecular weight excluding hydrogens is 346 g/mol. The molecule has 6 heteroatoms. The lowest BCUT2D eigenvalue weighted by Gasteiger charge is -2.28. The summed E-state index contributed by atoms with van der Waals surface area (Å²) in [5, 5.41) is 9.99. The van der Waals surface area contributed by atoms with E-state index in [1.54, 1.807) is 23.1 Å². The predicted octanol–water partition coefficient (Wildman–Crippen LogP) is 3.24. The van der Waals surface area contributed by atoms with Gasteiger partial charge in [0.1, 0.15) is 0 Å². The summed E-state index contributed by atoms with van der Waals surface area (Å²) in [5.74, 6) is -1.68. The molecule has 1 amide bonds. The van der Waals surface area contributed by atoms with Crippen molar-refractivity contribution in [3.8, 4) is 0 Å². The van der Waals surface area contributed by atoms with Gasteiger partial charge in [0, 0.05) is 22.0 Å². The molecule has 0 spiro atoms. The SMILES string of the molecule is O=C(O)C1CC(=O)N(C2CC2)C1c1ccc(Cl)cc1Br. The average molecular weight is 359 g/mol. The highest BCUT2D eigenvalue weighted by molar-refractivity contribution is 9.10. The van der Waals surface area contributed by atoms with Crippen LogP contribution in [0.3, 0.4) is 0 Å². The number of likely N-dealkylation sites (tertiary alicyclic amines) is 1. The first-order valence-corrected chi connectivity index (χ1v) is 7.65. The van der Waals surface area contributed by atoms with Crippen molar-refractivity contribution >= 4 is 39.4 Å². The van der Waals surface area contributed by atoms with Crippen LogP contribution in [0.15, 0.2) is 22.7 Å². The number of carbonyl (C=O) groups excluding carboxylic acids is 1. The van der Waals surface area contributed by atoms with E-state index in [2.05, 4.69) is 15.9 Å². The number of aliphatic carboxylic acids is 1. The fraction of sp³-hybridized carbons (Fsp3) is 0.429. The van der Waals surface area contributed by atoms with Crippen molar-refractivity contribution in [3.63, 3.8) is 0 Å². The van der Waals surface area contributed by atoms with E-state index >= 15 is 0 Å². The number of nitrogens with zero attached hydrogens (tertiary/aromatic N) is 1. The fourth-order valence-corrected chi connectivity index (χ4v) is 3.79. The molecule has 4 nitrogen and oxygen atoms in total. The molecule has 0 aromatic heterocycles. The minimum atomic E-state index is -0.923. The van der Waals surface area contributed by atoms with Gasteiger partial charge < -0.3 is 10.0 Å². The van der Waals surface area contributed by atoms with Crippen LogP contribution >= 0.6 is 27.5 Å². The molecule has 20 heavy (non-hydrogen) atoms. The number of halogens is 2. The van der Waals surface area contributed by atoms with Crippen LogP contribution in [0, 0.1) is 5.92 Å². The van der Waals surface area contributed by atoms with E-state index in [-0.39, 0.29) is 18.4 Å². The normalized spacial score (nSPS) is 26.1. The lowest BCUT2D eigenvalue weighted by Crippen LogP contribution is -2.32. The molecule has 1 saturated heterocycles. The predicted molar refractivity (Wildman–Crippen MR) is 77.5 cm³/mol. The van der Waals surface area contributed by atoms with Gasteiger partial charge in [-0.2, -0.15) is 0 Å². The molecule has 2 atom stereocenters. The van der Waals surface area contributed by atoms with Crippen LogP contribution in [-0.2, 0) is 9.59 Å². The highest BCUT2D eigenvalue weighted by Gasteiger charge is 2.50. The first-order valence-electron chi connectivity index (χ1n) is 6.48.